The summed E-state index contributed by atoms with van der Waals surface area (Å²) in [5.74, 6) is 0. The molecule has 118 valence electrons. The average Bonchev–Trinajstić information content (AvgIpc) is 3.10. The number of benzene rings is 2. The highest BCUT2D eigenvalue weighted by molar-refractivity contribution is 6.30. The number of hydrogen-bond acceptors (Lipinski definition) is 3. The molecule has 23 heavy (non-hydrogen) atoms. The lowest BCUT2D eigenvalue weighted by atomic mass is 9.87. The van der Waals surface area contributed by atoms with Crippen LogP contribution in [0.1, 0.15) is 11.1 Å². The molecule has 4 N–H and O–H groups in total. The zero-order chi connectivity index (χ0) is 16.3. The molecule has 4 nitrogen and oxygen atoms in total. The fourth-order valence-electron chi connectivity index (χ4n) is 2.61. The van der Waals surface area contributed by atoms with Gasteiger partial charge in [-0.1, -0.05) is 48.0 Å². The van der Waals surface area contributed by atoms with Crippen LogP contribution in [-0.4, -0.2) is 21.8 Å². The second-order valence-electron chi connectivity index (χ2n) is 5.60. The second-order valence-corrected chi connectivity index (χ2v) is 6.04. The van der Waals surface area contributed by atoms with Crippen LogP contribution in [0.4, 0.5) is 0 Å². The van der Waals surface area contributed by atoms with Crippen molar-refractivity contribution in [2.24, 2.45) is 5.73 Å². The van der Waals surface area contributed by atoms with Crippen molar-refractivity contribution in [1.82, 2.24) is 10.2 Å². The SMILES string of the molecule is NC[C@](O)(Cc1ccc(-c2cn[nH]c2)cc1)c1ccc(Cl)cc1. The molecule has 1 aromatic heterocycles. The van der Waals surface area contributed by atoms with E-state index in [4.69, 9.17) is 17.3 Å². The van der Waals surface area contributed by atoms with Gasteiger partial charge in [-0.25, -0.2) is 0 Å². The van der Waals surface area contributed by atoms with E-state index in [1.54, 1.807) is 18.3 Å². The normalized spacial score (nSPS) is 13.7. The van der Waals surface area contributed by atoms with Crippen LogP contribution in [0.2, 0.25) is 5.02 Å². The maximum absolute atomic E-state index is 10.9. The van der Waals surface area contributed by atoms with E-state index in [2.05, 4.69) is 10.2 Å². The van der Waals surface area contributed by atoms with Crippen molar-refractivity contribution in [2.45, 2.75) is 12.0 Å². The highest BCUT2D eigenvalue weighted by Crippen LogP contribution is 2.27. The van der Waals surface area contributed by atoms with Crippen LogP contribution in [0.3, 0.4) is 0 Å². The monoisotopic (exact) mass is 327 g/mol. The smallest absolute Gasteiger partial charge is 0.106 e. The predicted octanol–water partition coefficient (Wildman–Crippen LogP) is 3.12. The summed E-state index contributed by atoms with van der Waals surface area (Å²) >= 11 is 5.91. The molecule has 3 aromatic rings. The molecule has 0 amide bonds. The van der Waals surface area contributed by atoms with Crippen molar-refractivity contribution in [2.75, 3.05) is 6.54 Å². The van der Waals surface area contributed by atoms with E-state index in [0.29, 0.717) is 11.4 Å². The van der Waals surface area contributed by atoms with E-state index in [1.165, 1.54) is 0 Å². The fraction of sp³-hybridized carbons (Fsp3) is 0.167. The van der Waals surface area contributed by atoms with Crippen molar-refractivity contribution in [3.05, 3.63) is 77.1 Å². The van der Waals surface area contributed by atoms with Crippen molar-refractivity contribution in [3.8, 4) is 11.1 Å². The van der Waals surface area contributed by atoms with Crippen molar-refractivity contribution < 1.29 is 5.11 Å². The quantitative estimate of drug-likeness (QED) is 0.674. The number of hydrogen-bond donors (Lipinski definition) is 3. The number of rotatable bonds is 5. The number of halogens is 1. The Labute approximate surface area is 139 Å². The Bertz CT molecular complexity index is 754. The lowest BCUT2D eigenvalue weighted by Gasteiger charge is -2.27. The van der Waals surface area contributed by atoms with Crippen molar-refractivity contribution >= 4 is 11.6 Å². The van der Waals surface area contributed by atoms with Gasteiger partial charge in [0.1, 0.15) is 5.60 Å². The molecule has 0 bridgehead atoms. The van der Waals surface area contributed by atoms with Gasteiger partial charge in [0.25, 0.3) is 0 Å². The molecular weight excluding hydrogens is 310 g/mol. The Hall–Kier alpha value is -2.14. The van der Waals surface area contributed by atoms with Gasteiger partial charge in [0.15, 0.2) is 0 Å². The van der Waals surface area contributed by atoms with Crippen molar-refractivity contribution in [1.29, 1.82) is 0 Å². The van der Waals surface area contributed by atoms with Crippen LogP contribution in [0, 0.1) is 0 Å². The molecule has 0 spiro atoms. The van der Waals surface area contributed by atoms with E-state index in [0.717, 1.165) is 22.3 Å². The molecule has 0 saturated heterocycles. The lowest BCUT2D eigenvalue weighted by Crippen LogP contribution is -2.37. The molecule has 1 heterocycles. The Morgan fingerprint density at radius 1 is 1.04 bits per heavy atom. The summed E-state index contributed by atoms with van der Waals surface area (Å²) in [5.41, 5.74) is 8.61. The summed E-state index contributed by atoms with van der Waals surface area (Å²) in [4.78, 5) is 0. The summed E-state index contributed by atoms with van der Waals surface area (Å²) in [6.45, 7) is 0.137. The minimum Gasteiger partial charge on any atom is -0.383 e. The Balaban J connectivity index is 1.82. The molecule has 0 fully saturated rings. The van der Waals surface area contributed by atoms with Crippen LogP contribution in [0.5, 0.6) is 0 Å². The van der Waals surface area contributed by atoms with Crippen molar-refractivity contribution in [3.63, 3.8) is 0 Å². The lowest BCUT2D eigenvalue weighted by molar-refractivity contribution is 0.0463. The largest absolute Gasteiger partial charge is 0.383 e. The Morgan fingerprint density at radius 2 is 1.74 bits per heavy atom. The van der Waals surface area contributed by atoms with Crippen LogP contribution >= 0.6 is 11.6 Å². The first kappa shape index (κ1) is 15.7. The number of aliphatic hydroxyl groups is 1. The molecular formula is C18H18ClN3O. The second kappa shape index (κ2) is 6.54. The standard InChI is InChI=1S/C18H18ClN3O/c19-17-7-5-16(6-8-17)18(23,12-20)9-13-1-3-14(4-2-13)15-10-21-22-11-15/h1-8,10-11,23H,9,12,20H2,(H,21,22)/t18-/m1/s1. The fourth-order valence-corrected chi connectivity index (χ4v) is 2.74. The molecule has 2 aromatic carbocycles. The van der Waals surface area contributed by atoms with E-state index in [-0.39, 0.29) is 6.54 Å². The molecule has 3 rings (SSSR count). The predicted molar refractivity (Wildman–Crippen MR) is 92.1 cm³/mol. The summed E-state index contributed by atoms with van der Waals surface area (Å²) < 4.78 is 0. The van der Waals surface area contributed by atoms with E-state index < -0.39 is 5.60 Å². The number of aromatic nitrogens is 2. The van der Waals surface area contributed by atoms with E-state index in [9.17, 15) is 5.11 Å². The molecule has 0 saturated carbocycles. The maximum atomic E-state index is 10.9. The van der Waals surface area contributed by atoms with E-state index >= 15 is 0 Å². The molecule has 0 radical (unpaired) electrons. The summed E-state index contributed by atoms with van der Waals surface area (Å²) in [6.07, 6.45) is 4.06. The zero-order valence-electron chi connectivity index (χ0n) is 12.5. The number of H-pyrrole nitrogens is 1. The van der Waals surface area contributed by atoms with Gasteiger partial charge >= 0.3 is 0 Å². The molecule has 0 aliphatic rings. The van der Waals surface area contributed by atoms with E-state index in [1.807, 2.05) is 42.6 Å². The first-order valence-electron chi connectivity index (χ1n) is 7.37. The minimum atomic E-state index is -1.11. The molecule has 0 aliphatic carbocycles. The van der Waals surface area contributed by atoms with Crippen LogP contribution in [-0.2, 0) is 12.0 Å². The van der Waals surface area contributed by atoms with Gasteiger partial charge in [0, 0.05) is 29.7 Å². The van der Waals surface area contributed by atoms with Crippen LogP contribution in [0.15, 0.2) is 60.9 Å². The summed E-state index contributed by atoms with van der Waals surface area (Å²) in [6, 6.07) is 15.2. The highest BCUT2D eigenvalue weighted by Gasteiger charge is 2.27. The van der Waals surface area contributed by atoms with Gasteiger partial charge in [-0.3, -0.25) is 5.10 Å². The third-order valence-corrected chi connectivity index (χ3v) is 4.25. The molecule has 0 unspecified atom stereocenters. The first-order chi connectivity index (χ1) is 11.1. The van der Waals surface area contributed by atoms with Crippen LogP contribution in [0.25, 0.3) is 11.1 Å². The summed E-state index contributed by atoms with van der Waals surface area (Å²) in [5, 5.41) is 18.3. The highest BCUT2D eigenvalue weighted by atomic mass is 35.5. The van der Waals surface area contributed by atoms with Gasteiger partial charge in [0.2, 0.25) is 0 Å². The zero-order valence-corrected chi connectivity index (χ0v) is 13.3. The van der Waals surface area contributed by atoms with Gasteiger partial charge < -0.3 is 10.8 Å². The number of nitrogens with zero attached hydrogens (tertiary/aromatic N) is 1. The number of nitrogens with two attached hydrogens (primary N) is 1. The molecule has 5 heteroatoms. The topological polar surface area (TPSA) is 74.9 Å². The Kier molecular flexibility index (Phi) is 4.48. The number of aromatic amines is 1. The number of nitrogens with one attached hydrogen (secondary N) is 1. The third-order valence-electron chi connectivity index (χ3n) is 4.00. The van der Waals surface area contributed by atoms with Crippen LogP contribution < -0.4 is 5.73 Å². The van der Waals surface area contributed by atoms with Gasteiger partial charge in [-0.05, 0) is 28.8 Å². The maximum Gasteiger partial charge on any atom is 0.106 e. The molecule has 0 aliphatic heterocycles. The minimum absolute atomic E-state index is 0.137. The molecule has 1 atom stereocenters. The average molecular weight is 328 g/mol. The van der Waals surface area contributed by atoms with Gasteiger partial charge in [0.05, 0.1) is 6.20 Å². The third kappa shape index (κ3) is 3.45. The summed E-state index contributed by atoms with van der Waals surface area (Å²) in [7, 11) is 0. The van der Waals surface area contributed by atoms with Gasteiger partial charge in [-0.2, -0.15) is 5.10 Å². The van der Waals surface area contributed by atoms with Gasteiger partial charge in [-0.15, -0.1) is 0 Å². The Morgan fingerprint density at radius 3 is 2.30 bits per heavy atom. The first-order valence-corrected chi connectivity index (χ1v) is 7.75.